The van der Waals surface area contributed by atoms with E-state index in [9.17, 15) is 4.79 Å². The van der Waals surface area contributed by atoms with E-state index in [1.807, 2.05) is 0 Å². The summed E-state index contributed by atoms with van der Waals surface area (Å²) in [5.74, 6) is 0.646. The van der Waals surface area contributed by atoms with E-state index in [0.717, 1.165) is 38.0 Å². The Morgan fingerprint density at radius 3 is 2.76 bits per heavy atom. The lowest BCUT2D eigenvalue weighted by molar-refractivity contribution is -0.149. The third kappa shape index (κ3) is 3.70. The van der Waals surface area contributed by atoms with Crippen LogP contribution in [0.1, 0.15) is 59.3 Å². The number of rotatable bonds is 4. The molecule has 1 saturated carbocycles. The molecule has 0 aromatic carbocycles. The van der Waals surface area contributed by atoms with Crippen molar-refractivity contribution in [2.75, 3.05) is 7.11 Å². The van der Waals surface area contributed by atoms with Crippen LogP contribution >= 0.6 is 0 Å². The van der Waals surface area contributed by atoms with Gasteiger partial charge in [0.25, 0.3) is 0 Å². The third-order valence-electron chi connectivity index (χ3n) is 4.08. The van der Waals surface area contributed by atoms with Crippen LogP contribution in [0.25, 0.3) is 0 Å². The van der Waals surface area contributed by atoms with Gasteiger partial charge in [0, 0.05) is 6.04 Å². The summed E-state index contributed by atoms with van der Waals surface area (Å²) in [6.07, 6.45) is 6.30. The number of hydrogen-bond donors (Lipinski definition) is 1. The van der Waals surface area contributed by atoms with Gasteiger partial charge < -0.3 is 4.74 Å². The molecule has 0 bridgehead atoms. The van der Waals surface area contributed by atoms with Crippen LogP contribution in [-0.4, -0.2) is 24.7 Å². The molecule has 3 atom stereocenters. The quantitative estimate of drug-likeness (QED) is 0.607. The molecule has 17 heavy (non-hydrogen) atoms. The molecule has 1 aliphatic rings. The van der Waals surface area contributed by atoms with Gasteiger partial charge in [0.05, 0.1) is 7.11 Å². The molecule has 0 amide bonds. The van der Waals surface area contributed by atoms with Gasteiger partial charge >= 0.3 is 5.97 Å². The fourth-order valence-electron chi connectivity index (χ4n) is 2.69. The van der Waals surface area contributed by atoms with Crippen LogP contribution in [0.5, 0.6) is 0 Å². The minimum atomic E-state index is -0.436. The van der Waals surface area contributed by atoms with E-state index >= 15 is 0 Å². The molecular weight excluding hydrogens is 214 g/mol. The van der Waals surface area contributed by atoms with Gasteiger partial charge in [-0.05, 0) is 38.5 Å². The highest BCUT2D eigenvalue weighted by Crippen LogP contribution is 2.31. The Morgan fingerprint density at radius 2 is 2.18 bits per heavy atom. The number of carbonyl (C=O) groups excluding carboxylic acids is 1. The molecule has 0 saturated heterocycles. The SMILES string of the molecule is CCC(C)NC1(C(=O)OC)CCCC(C)CC1. The van der Waals surface area contributed by atoms with Crippen molar-refractivity contribution in [3.05, 3.63) is 0 Å². The molecule has 100 valence electrons. The topological polar surface area (TPSA) is 38.3 Å². The molecule has 3 heteroatoms. The van der Waals surface area contributed by atoms with Gasteiger partial charge in [-0.3, -0.25) is 10.1 Å². The highest BCUT2D eigenvalue weighted by Gasteiger charge is 2.41. The summed E-state index contributed by atoms with van der Waals surface area (Å²) in [6, 6.07) is 0.363. The largest absolute Gasteiger partial charge is 0.468 e. The van der Waals surface area contributed by atoms with Crippen LogP contribution in [0, 0.1) is 5.92 Å². The highest BCUT2D eigenvalue weighted by molar-refractivity contribution is 5.80. The zero-order chi connectivity index (χ0) is 12.9. The van der Waals surface area contributed by atoms with Gasteiger partial charge in [-0.2, -0.15) is 0 Å². The molecule has 3 unspecified atom stereocenters. The minimum absolute atomic E-state index is 0.0769. The van der Waals surface area contributed by atoms with Crippen LogP contribution in [0.4, 0.5) is 0 Å². The second-order valence-electron chi connectivity index (χ2n) is 5.56. The Balaban J connectivity index is 2.80. The first-order valence-electron chi connectivity index (χ1n) is 6.90. The lowest BCUT2D eigenvalue weighted by Crippen LogP contribution is -2.55. The Morgan fingerprint density at radius 1 is 1.47 bits per heavy atom. The van der Waals surface area contributed by atoms with E-state index in [1.165, 1.54) is 13.5 Å². The summed E-state index contributed by atoms with van der Waals surface area (Å²) >= 11 is 0. The fourth-order valence-corrected chi connectivity index (χ4v) is 2.69. The number of esters is 1. The van der Waals surface area contributed by atoms with Gasteiger partial charge in [0.1, 0.15) is 5.54 Å². The molecule has 0 aliphatic heterocycles. The molecule has 1 fully saturated rings. The van der Waals surface area contributed by atoms with Crippen molar-refractivity contribution in [3.63, 3.8) is 0 Å². The van der Waals surface area contributed by atoms with Gasteiger partial charge in [-0.15, -0.1) is 0 Å². The minimum Gasteiger partial charge on any atom is -0.468 e. The Kier molecular flexibility index (Phi) is 5.44. The molecule has 0 heterocycles. The number of hydrogen-bond acceptors (Lipinski definition) is 3. The predicted molar refractivity (Wildman–Crippen MR) is 69.9 cm³/mol. The lowest BCUT2D eigenvalue weighted by Gasteiger charge is -2.34. The zero-order valence-electron chi connectivity index (χ0n) is 11.7. The maximum Gasteiger partial charge on any atom is 0.326 e. The van der Waals surface area contributed by atoms with Crippen molar-refractivity contribution in [1.82, 2.24) is 5.32 Å². The Bertz CT molecular complexity index is 255. The Labute approximate surface area is 105 Å². The molecule has 1 N–H and O–H groups in total. The van der Waals surface area contributed by atoms with Crippen LogP contribution in [0.2, 0.25) is 0 Å². The zero-order valence-corrected chi connectivity index (χ0v) is 11.7. The van der Waals surface area contributed by atoms with Crippen molar-refractivity contribution in [3.8, 4) is 0 Å². The van der Waals surface area contributed by atoms with E-state index in [4.69, 9.17) is 4.74 Å². The van der Waals surface area contributed by atoms with E-state index in [1.54, 1.807) is 0 Å². The van der Waals surface area contributed by atoms with E-state index in [2.05, 4.69) is 26.1 Å². The molecule has 3 nitrogen and oxygen atoms in total. The maximum atomic E-state index is 12.1. The predicted octanol–water partition coefficient (Wildman–Crippen LogP) is 2.89. The van der Waals surface area contributed by atoms with Crippen LogP contribution in [0.15, 0.2) is 0 Å². The summed E-state index contributed by atoms with van der Waals surface area (Å²) in [5.41, 5.74) is -0.436. The molecule has 0 aromatic rings. The highest BCUT2D eigenvalue weighted by atomic mass is 16.5. The van der Waals surface area contributed by atoms with Crippen molar-refractivity contribution in [2.24, 2.45) is 5.92 Å². The average Bonchev–Trinajstić information content (AvgIpc) is 2.51. The second kappa shape index (κ2) is 6.39. The maximum absolute atomic E-state index is 12.1. The summed E-state index contributed by atoms with van der Waals surface area (Å²) < 4.78 is 5.03. The molecule has 1 aliphatic carbocycles. The molecule has 1 rings (SSSR count). The van der Waals surface area contributed by atoms with E-state index in [0.29, 0.717) is 6.04 Å². The fraction of sp³-hybridized carbons (Fsp3) is 0.929. The van der Waals surface area contributed by atoms with Gasteiger partial charge in [-0.25, -0.2) is 0 Å². The van der Waals surface area contributed by atoms with Crippen LogP contribution < -0.4 is 5.32 Å². The van der Waals surface area contributed by atoms with Crippen molar-refractivity contribution in [1.29, 1.82) is 0 Å². The third-order valence-corrected chi connectivity index (χ3v) is 4.08. The monoisotopic (exact) mass is 241 g/mol. The molecule has 0 aromatic heterocycles. The van der Waals surface area contributed by atoms with Crippen molar-refractivity contribution < 1.29 is 9.53 Å². The number of nitrogens with one attached hydrogen (secondary N) is 1. The lowest BCUT2D eigenvalue weighted by atomic mass is 9.88. The van der Waals surface area contributed by atoms with Gasteiger partial charge in [0.15, 0.2) is 0 Å². The summed E-state index contributed by atoms with van der Waals surface area (Å²) in [5, 5.41) is 3.52. The van der Waals surface area contributed by atoms with Crippen molar-refractivity contribution in [2.45, 2.75) is 70.9 Å². The normalized spacial score (nSPS) is 31.6. The first kappa shape index (κ1) is 14.5. The standard InChI is InChI=1S/C14H27NO2/c1-5-12(3)15-14(13(16)17-4)9-6-7-11(2)8-10-14/h11-12,15H,5-10H2,1-4H3. The van der Waals surface area contributed by atoms with Crippen LogP contribution in [0.3, 0.4) is 0 Å². The first-order valence-corrected chi connectivity index (χ1v) is 6.90. The molecular formula is C14H27NO2. The van der Waals surface area contributed by atoms with Gasteiger partial charge in [0.2, 0.25) is 0 Å². The summed E-state index contributed by atoms with van der Waals surface area (Å²) in [7, 11) is 1.50. The smallest absolute Gasteiger partial charge is 0.326 e. The summed E-state index contributed by atoms with van der Waals surface area (Å²) in [6.45, 7) is 6.55. The first-order chi connectivity index (χ1) is 8.04. The average molecular weight is 241 g/mol. The molecule has 0 radical (unpaired) electrons. The number of ether oxygens (including phenoxy) is 1. The van der Waals surface area contributed by atoms with E-state index < -0.39 is 5.54 Å². The molecule has 0 spiro atoms. The second-order valence-corrected chi connectivity index (χ2v) is 5.56. The van der Waals surface area contributed by atoms with E-state index in [-0.39, 0.29) is 5.97 Å². The van der Waals surface area contributed by atoms with Gasteiger partial charge in [-0.1, -0.05) is 26.7 Å². The number of methoxy groups -OCH3 is 1. The van der Waals surface area contributed by atoms with Crippen LogP contribution in [-0.2, 0) is 9.53 Å². The number of carbonyl (C=O) groups is 1. The summed E-state index contributed by atoms with van der Waals surface area (Å²) in [4.78, 5) is 12.1. The Hall–Kier alpha value is -0.570. The van der Waals surface area contributed by atoms with Crippen molar-refractivity contribution >= 4 is 5.97 Å².